The van der Waals surface area contributed by atoms with Crippen LogP contribution in [-0.4, -0.2) is 36.1 Å². The molecule has 0 spiro atoms. The molecule has 5 heteroatoms. The molecule has 0 bridgehead atoms. The van der Waals surface area contributed by atoms with E-state index in [0.717, 1.165) is 17.5 Å². The normalized spacial score (nSPS) is 11.7. The Labute approximate surface area is 149 Å². The van der Waals surface area contributed by atoms with Gasteiger partial charge in [-0.2, -0.15) is 0 Å². The lowest BCUT2D eigenvalue weighted by Gasteiger charge is -2.29. The van der Waals surface area contributed by atoms with Gasteiger partial charge in [0.2, 0.25) is 5.91 Å². The summed E-state index contributed by atoms with van der Waals surface area (Å²) < 4.78 is 10.7. The van der Waals surface area contributed by atoms with Gasteiger partial charge in [-0.1, -0.05) is 6.92 Å². The van der Waals surface area contributed by atoms with Crippen molar-refractivity contribution < 1.29 is 14.3 Å². The fourth-order valence-electron chi connectivity index (χ4n) is 2.68. The molecule has 0 fully saturated rings. The third-order valence-electron chi connectivity index (χ3n) is 4.37. The van der Waals surface area contributed by atoms with E-state index in [1.165, 1.54) is 0 Å². The Kier molecular flexibility index (Phi) is 6.81. The molecular weight excluding hydrogens is 316 g/mol. The van der Waals surface area contributed by atoms with Gasteiger partial charge < -0.3 is 14.4 Å². The molecule has 0 saturated heterocycles. The number of nitrogens with zero attached hydrogens (tertiary/aromatic N) is 2. The van der Waals surface area contributed by atoms with Crippen LogP contribution in [0.2, 0.25) is 0 Å². The van der Waals surface area contributed by atoms with Crippen LogP contribution in [0, 0.1) is 0 Å². The van der Waals surface area contributed by atoms with Crippen molar-refractivity contribution in [2.45, 2.75) is 39.3 Å². The number of ether oxygens (including phenoxy) is 2. The molecule has 5 nitrogen and oxygen atoms in total. The van der Waals surface area contributed by atoms with Crippen molar-refractivity contribution in [1.82, 2.24) is 9.88 Å². The van der Waals surface area contributed by atoms with Crippen LogP contribution in [0.25, 0.3) is 0 Å². The van der Waals surface area contributed by atoms with E-state index in [-0.39, 0.29) is 18.4 Å². The van der Waals surface area contributed by atoms with Gasteiger partial charge in [0.15, 0.2) is 0 Å². The predicted octanol–water partition coefficient (Wildman–Crippen LogP) is 3.47. The molecule has 0 aliphatic rings. The molecule has 0 N–H and O–H groups in total. The summed E-state index contributed by atoms with van der Waals surface area (Å²) in [5.74, 6) is 1.48. The van der Waals surface area contributed by atoms with Gasteiger partial charge in [-0.25, -0.2) is 0 Å². The molecule has 0 aliphatic heterocycles. The van der Waals surface area contributed by atoms with E-state index < -0.39 is 0 Å². The Morgan fingerprint density at radius 3 is 2.48 bits per heavy atom. The van der Waals surface area contributed by atoms with Crippen LogP contribution in [0.3, 0.4) is 0 Å². The van der Waals surface area contributed by atoms with Crippen molar-refractivity contribution >= 4 is 5.91 Å². The van der Waals surface area contributed by atoms with E-state index in [1.54, 1.807) is 26.6 Å². The Morgan fingerprint density at radius 2 is 1.88 bits per heavy atom. The van der Waals surface area contributed by atoms with Crippen molar-refractivity contribution in [3.05, 3.63) is 53.9 Å². The number of carbonyl (C=O) groups excluding carboxylic acids is 1. The number of aromatic nitrogens is 1. The van der Waals surface area contributed by atoms with E-state index in [2.05, 4.69) is 18.8 Å². The molecule has 1 heterocycles. The first kappa shape index (κ1) is 18.8. The summed E-state index contributed by atoms with van der Waals surface area (Å²) in [6.07, 6.45) is 4.67. The Balaban J connectivity index is 2.22. The van der Waals surface area contributed by atoms with Crippen LogP contribution in [0.1, 0.15) is 31.4 Å². The Hall–Kier alpha value is -2.56. The molecule has 134 valence electrons. The lowest BCUT2D eigenvalue weighted by Crippen LogP contribution is -2.38. The van der Waals surface area contributed by atoms with Crippen LogP contribution in [0.4, 0.5) is 0 Å². The summed E-state index contributed by atoms with van der Waals surface area (Å²) in [4.78, 5) is 18.9. The minimum atomic E-state index is 0.0673. The number of rotatable bonds is 8. The highest BCUT2D eigenvalue weighted by Crippen LogP contribution is 2.25. The van der Waals surface area contributed by atoms with Gasteiger partial charge in [-0.15, -0.1) is 0 Å². The second-order valence-corrected chi connectivity index (χ2v) is 5.99. The average Bonchev–Trinajstić information content (AvgIpc) is 2.66. The molecule has 0 saturated carbocycles. The van der Waals surface area contributed by atoms with Crippen LogP contribution >= 0.6 is 0 Å². The second kappa shape index (κ2) is 9.06. The van der Waals surface area contributed by atoms with Crippen LogP contribution in [0.15, 0.2) is 42.7 Å². The zero-order chi connectivity index (χ0) is 18.2. The predicted molar refractivity (Wildman–Crippen MR) is 97.8 cm³/mol. The first-order valence-corrected chi connectivity index (χ1v) is 8.48. The van der Waals surface area contributed by atoms with Crippen molar-refractivity contribution in [1.29, 1.82) is 0 Å². The molecule has 1 amide bonds. The summed E-state index contributed by atoms with van der Waals surface area (Å²) >= 11 is 0. The van der Waals surface area contributed by atoms with Gasteiger partial charge in [0.05, 0.1) is 20.6 Å². The Bertz CT molecular complexity index is 689. The maximum Gasteiger partial charge on any atom is 0.227 e. The molecule has 0 radical (unpaired) electrons. The molecule has 1 aromatic carbocycles. The van der Waals surface area contributed by atoms with E-state index >= 15 is 0 Å². The van der Waals surface area contributed by atoms with Crippen LogP contribution in [0.5, 0.6) is 11.5 Å². The third kappa shape index (κ3) is 4.95. The quantitative estimate of drug-likeness (QED) is 0.737. The van der Waals surface area contributed by atoms with E-state index in [4.69, 9.17) is 9.47 Å². The number of amides is 1. The molecule has 25 heavy (non-hydrogen) atoms. The number of hydrogen-bond donors (Lipinski definition) is 0. The third-order valence-corrected chi connectivity index (χ3v) is 4.37. The molecule has 0 aliphatic carbocycles. The summed E-state index contributed by atoms with van der Waals surface area (Å²) in [7, 11) is 3.22. The highest BCUT2D eigenvalue weighted by molar-refractivity contribution is 5.80. The van der Waals surface area contributed by atoms with Crippen molar-refractivity contribution in [3.8, 4) is 11.5 Å². The lowest BCUT2D eigenvalue weighted by atomic mass is 10.1. The zero-order valence-corrected chi connectivity index (χ0v) is 15.4. The van der Waals surface area contributed by atoms with Gasteiger partial charge in [-0.05, 0) is 49.2 Å². The summed E-state index contributed by atoms with van der Waals surface area (Å²) in [5.41, 5.74) is 1.90. The zero-order valence-electron chi connectivity index (χ0n) is 15.4. The van der Waals surface area contributed by atoms with E-state index in [0.29, 0.717) is 18.0 Å². The Morgan fingerprint density at radius 1 is 1.16 bits per heavy atom. The highest BCUT2D eigenvalue weighted by atomic mass is 16.5. The monoisotopic (exact) mass is 342 g/mol. The molecule has 0 unspecified atom stereocenters. The number of benzene rings is 1. The second-order valence-electron chi connectivity index (χ2n) is 5.99. The maximum atomic E-state index is 13.0. The summed E-state index contributed by atoms with van der Waals surface area (Å²) in [6, 6.07) is 9.55. The van der Waals surface area contributed by atoms with E-state index in [9.17, 15) is 4.79 Å². The smallest absolute Gasteiger partial charge is 0.227 e. The van der Waals surface area contributed by atoms with Gasteiger partial charge >= 0.3 is 0 Å². The number of methoxy groups -OCH3 is 2. The van der Waals surface area contributed by atoms with Gasteiger partial charge in [0, 0.05) is 30.5 Å². The number of pyridine rings is 1. The minimum Gasteiger partial charge on any atom is -0.497 e. The van der Waals surface area contributed by atoms with Crippen LogP contribution < -0.4 is 9.47 Å². The van der Waals surface area contributed by atoms with E-state index in [1.807, 2.05) is 35.2 Å². The topological polar surface area (TPSA) is 51.7 Å². The first-order valence-electron chi connectivity index (χ1n) is 8.48. The van der Waals surface area contributed by atoms with Crippen molar-refractivity contribution in [3.63, 3.8) is 0 Å². The fraction of sp³-hybridized carbons (Fsp3) is 0.400. The highest BCUT2D eigenvalue weighted by Gasteiger charge is 2.21. The minimum absolute atomic E-state index is 0.0673. The average molecular weight is 342 g/mol. The number of hydrogen-bond acceptors (Lipinski definition) is 4. The first-order chi connectivity index (χ1) is 12.1. The summed E-state index contributed by atoms with van der Waals surface area (Å²) in [5, 5.41) is 0. The largest absolute Gasteiger partial charge is 0.497 e. The molecule has 2 rings (SSSR count). The van der Waals surface area contributed by atoms with Gasteiger partial charge in [-0.3, -0.25) is 9.78 Å². The fourth-order valence-corrected chi connectivity index (χ4v) is 2.68. The molecule has 1 atom stereocenters. The van der Waals surface area contributed by atoms with Crippen LogP contribution in [-0.2, 0) is 17.8 Å². The van der Waals surface area contributed by atoms with Gasteiger partial charge in [0.25, 0.3) is 0 Å². The standard InChI is InChI=1S/C20H26N2O3/c1-5-15(2)22(14-16-8-10-21-11-9-16)20(23)13-17-12-18(24-3)6-7-19(17)25-4/h6-12,15H,5,13-14H2,1-4H3/t15-/m1/s1. The lowest BCUT2D eigenvalue weighted by molar-refractivity contribution is -0.133. The molecular formula is C20H26N2O3. The number of carbonyl (C=O) groups is 1. The summed E-state index contributed by atoms with van der Waals surface area (Å²) in [6.45, 7) is 4.73. The maximum absolute atomic E-state index is 13.0. The SMILES string of the molecule is CC[C@@H](C)N(Cc1ccncc1)C(=O)Cc1cc(OC)ccc1OC. The van der Waals surface area contributed by atoms with Gasteiger partial charge in [0.1, 0.15) is 11.5 Å². The molecule has 1 aromatic heterocycles. The van der Waals surface area contributed by atoms with Crippen molar-refractivity contribution in [2.24, 2.45) is 0 Å². The molecule has 2 aromatic rings. The van der Waals surface area contributed by atoms with Crippen molar-refractivity contribution in [2.75, 3.05) is 14.2 Å².